The molecular formula is C9H12N2O3S2. The lowest BCUT2D eigenvalue weighted by molar-refractivity contribution is 0.0702. The van der Waals surface area contributed by atoms with Crippen molar-refractivity contribution in [1.82, 2.24) is 4.98 Å². The Kier molecular flexibility index (Phi) is 3.93. The van der Waals surface area contributed by atoms with Gasteiger partial charge in [0.15, 0.2) is 0 Å². The first kappa shape index (κ1) is 13.0. The fourth-order valence-electron chi connectivity index (χ4n) is 0.697. The molecule has 1 aromatic heterocycles. The van der Waals surface area contributed by atoms with Crippen LogP contribution in [0, 0.1) is 0 Å². The molecule has 1 unspecified atom stereocenters. The van der Waals surface area contributed by atoms with Gasteiger partial charge in [-0.1, -0.05) is 0 Å². The SMILES string of the molecule is CC(C)(C)S(=O)N=Cc1ncc(C(=O)O)s1. The first-order chi connectivity index (χ1) is 7.30. The lowest BCUT2D eigenvalue weighted by atomic mass is 10.3. The standard InChI is InChI=1S/C9H12N2O3S2/c1-9(2,3)16(14)11-5-7-10-4-6(15-7)8(12)13/h4-5H,1-3H3,(H,12,13). The molecule has 1 N–H and O–H groups in total. The number of thiazole rings is 1. The van der Waals surface area contributed by atoms with Crippen LogP contribution >= 0.6 is 11.3 Å². The van der Waals surface area contributed by atoms with E-state index in [1.54, 1.807) is 0 Å². The number of carboxylic acid groups (broad SMARTS) is 1. The third kappa shape index (κ3) is 3.49. The summed E-state index contributed by atoms with van der Waals surface area (Å²) in [5.41, 5.74) is 0. The molecule has 0 fully saturated rings. The highest BCUT2D eigenvalue weighted by atomic mass is 32.2. The summed E-state index contributed by atoms with van der Waals surface area (Å²) in [6.07, 6.45) is 2.60. The van der Waals surface area contributed by atoms with E-state index in [2.05, 4.69) is 9.38 Å². The van der Waals surface area contributed by atoms with Gasteiger partial charge in [0.25, 0.3) is 0 Å². The molecule has 7 heteroatoms. The van der Waals surface area contributed by atoms with Gasteiger partial charge in [0.05, 0.1) is 17.2 Å². The fraction of sp³-hybridized carbons (Fsp3) is 0.444. The van der Waals surface area contributed by atoms with Crippen LogP contribution in [0.2, 0.25) is 0 Å². The lowest BCUT2D eigenvalue weighted by Crippen LogP contribution is -2.19. The van der Waals surface area contributed by atoms with E-state index in [0.717, 1.165) is 11.3 Å². The van der Waals surface area contributed by atoms with Crippen molar-refractivity contribution in [2.45, 2.75) is 25.5 Å². The van der Waals surface area contributed by atoms with Crippen molar-refractivity contribution in [3.05, 3.63) is 16.1 Å². The van der Waals surface area contributed by atoms with Crippen molar-refractivity contribution in [2.75, 3.05) is 0 Å². The maximum Gasteiger partial charge on any atom is 0.347 e. The van der Waals surface area contributed by atoms with Crippen LogP contribution in [-0.2, 0) is 11.0 Å². The molecule has 0 radical (unpaired) electrons. The molecule has 16 heavy (non-hydrogen) atoms. The highest BCUT2D eigenvalue weighted by molar-refractivity contribution is 7.85. The Morgan fingerprint density at radius 1 is 1.62 bits per heavy atom. The average Bonchev–Trinajstić information content (AvgIpc) is 2.60. The van der Waals surface area contributed by atoms with Crippen LogP contribution in [0.5, 0.6) is 0 Å². The predicted octanol–water partition coefficient (Wildman–Crippen LogP) is 1.72. The molecule has 5 nitrogen and oxygen atoms in total. The molecule has 1 aromatic rings. The van der Waals surface area contributed by atoms with Crippen LogP contribution in [-0.4, -0.2) is 31.2 Å². The Balaban J connectivity index is 2.77. The molecule has 1 heterocycles. The Morgan fingerprint density at radius 3 is 2.69 bits per heavy atom. The third-order valence-electron chi connectivity index (χ3n) is 1.52. The van der Waals surface area contributed by atoms with E-state index in [-0.39, 0.29) is 4.88 Å². The normalized spacial score (nSPS) is 14.2. The van der Waals surface area contributed by atoms with Gasteiger partial charge in [0.2, 0.25) is 0 Å². The zero-order valence-electron chi connectivity index (χ0n) is 9.13. The van der Waals surface area contributed by atoms with Crippen LogP contribution in [0.4, 0.5) is 0 Å². The Hall–Kier alpha value is -1.08. The second-order valence-corrected chi connectivity index (χ2v) is 6.96. The average molecular weight is 260 g/mol. The predicted molar refractivity (Wildman–Crippen MR) is 64.6 cm³/mol. The van der Waals surface area contributed by atoms with Gasteiger partial charge in [-0.2, -0.15) is 4.40 Å². The summed E-state index contributed by atoms with van der Waals surface area (Å²) in [6, 6.07) is 0. The number of hydrogen-bond donors (Lipinski definition) is 1. The molecule has 0 aromatic carbocycles. The van der Waals surface area contributed by atoms with Gasteiger partial charge in [-0.05, 0) is 20.8 Å². The van der Waals surface area contributed by atoms with Crippen LogP contribution in [0.3, 0.4) is 0 Å². The minimum Gasteiger partial charge on any atom is -0.477 e. The van der Waals surface area contributed by atoms with Crippen molar-refractivity contribution >= 4 is 34.5 Å². The minimum atomic E-state index is -1.35. The van der Waals surface area contributed by atoms with Gasteiger partial charge in [0, 0.05) is 0 Å². The molecule has 88 valence electrons. The van der Waals surface area contributed by atoms with Crippen molar-refractivity contribution in [3.8, 4) is 0 Å². The van der Waals surface area contributed by atoms with Crippen LogP contribution in [0.15, 0.2) is 10.6 Å². The number of carbonyl (C=O) groups is 1. The van der Waals surface area contributed by atoms with Crippen LogP contribution in [0.1, 0.15) is 35.5 Å². The number of carboxylic acids is 1. The van der Waals surface area contributed by atoms with E-state index in [0.29, 0.717) is 5.01 Å². The highest BCUT2D eigenvalue weighted by Gasteiger charge is 2.18. The second kappa shape index (κ2) is 4.84. The zero-order chi connectivity index (χ0) is 12.3. The third-order valence-corrected chi connectivity index (χ3v) is 3.78. The molecule has 1 atom stereocenters. The van der Waals surface area contributed by atoms with Gasteiger partial charge >= 0.3 is 5.97 Å². The highest BCUT2D eigenvalue weighted by Crippen LogP contribution is 2.14. The Morgan fingerprint density at radius 2 is 2.25 bits per heavy atom. The maximum absolute atomic E-state index is 11.6. The lowest BCUT2D eigenvalue weighted by Gasteiger charge is -2.12. The Bertz CT molecular complexity index is 446. The van der Waals surface area contributed by atoms with Crippen molar-refractivity contribution < 1.29 is 14.1 Å². The largest absolute Gasteiger partial charge is 0.477 e. The number of aromatic nitrogens is 1. The molecule has 0 aliphatic heterocycles. The summed E-state index contributed by atoms with van der Waals surface area (Å²) in [6.45, 7) is 5.43. The van der Waals surface area contributed by atoms with E-state index in [9.17, 15) is 9.00 Å². The summed E-state index contributed by atoms with van der Waals surface area (Å²) in [4.78, 5) is 14.6. The van der Waals surface area contributed by atoms with Gasteiger partial charge < -0.3 is 5.11 Å². The molecule has 0 saturated heterocycles. The van der Waals surface area contributed by atoms with E-state index in [1.807, 2.05) is 20.8 Å². The summed E-state index contributed by atoms with van der Waals surface area (Å²) in [5.74, 6) is -1.02. The van der Waals surface area contributed by atoms with E-state index < -0.39 is 21.7 Å². The topological polar surface area (TPSA) is 79.6 Å². The Labute approximate surface area is 99.8 Å². The van der Waals surface area contributed by atoms with Crippen LogP contribution < -0.4 is 0 Å². The quantitative estimate of drug-likeness (QED) is 0.839. The molecule has 0 spiro atoms. The summed E-state index contributed by atoms with van der Waals surface area (Å²) >= 11 is 0.999. The van der Waals surface area contributed by atoms with Gasteiger partial charge in [-0.3, -0.25) is 0 Å². The van der Waals surface area contributed by atoms with Crippen molar-refractivity contribution in [2.24, 2.45) is 4.40 Å². The van der Waals surface area contributed by atoms with Gasteiger partial charge in [-0.25, -0.2) is 14.0 Å². The molecular weight excluding hydrogens is 248 g/mol. The number of rotatable bonds is 3. The van der Waals surface area contributed by atoms with Crippen molar-refractivity contribution in [3.63, 3.8) is 0 Å². The molecule has 0 bridgehead atoms. The second-order valence-electron chi connectivity index (χ2n) is 3.96. The summed E-state index contributed by atoms with van der Waals surface area (Å²) in [5, 5.41) is 9.11. The molecule has 0 aliphatic rings. The number of aromatic carboxylic acids is 1. The summed E-state index contributed by atoms with van der Waals surface area (Å²) < 4.78 is 15.0. The molecule has 1 rings (SSSR count). The molecule has 0 aliphatic carbocycles. The van der Waals surface area contributed by atoms with Gasteiger partial charge in [0.1, 0.15) is 20.9 Å². The summed E-state index contributed by atoms with van der Waals surface area (Å²) in [7, 11) is -1.35. The first-order valence-corrected chi connectivity index (χ1v) is 6.38. The van der Waals surface area contributed by atoms with E-state index >= 15 is 0 Å². The fourth-order valence-corrected chi connectivity index (χ4v) is 1.90. The van der Waals surface area contributed by atoms with E-state index in [1.165, 1.54) is 12.4 Å². The number of hydrogen-bond acceptors (Lipinski definition) is 4. The monoisotopic (exact) mass is 260 g/mol. The molecule has 0 amide bonds. The van der Waals surface area contributed by atoms with E-state index in [4.69, 9.17) is 5.11 Å². The van der Waals surface area contributed by atoms with Crippen molar-refractivity contribution in [1.29, 1.82) is 0 Å². The first-order valence-electron chi connectivity index (χ1n) is 4.46. The number of nitrogens with zero attached hydrogens (tertiary/aromatic N) is 2. The smallest absolute Gasteiger partial charge is 0.347 e. The zero-order valence-corrected chi connectivity index (χ0v) is 10.8. The minimum absolute atomic E-state index is 0.142. The molecule has 0 saturated carbocycles. The van der Waals surface area contributed by atoms with Crippen LogP contribution in [0.25, 0.3) is 0 Å². The maximum atomic E-state index is 11.6. The van der Waals surface area contributed by atoms with Gasteiger partial charge in [-0.15, -0.1) is 11.3 Å².